The molecule has 7 nitrogen and oxygen atoms in total. The lowest BCUT2D eigenvalue weighted by atomic mass is 10.1. The minimum Gasteiger partial charge on any atom is -0.493 e. The van der Waals surface area contributed by atoms with E-state index in [9.17, 15) is 9.59 Å². The molecule has 0 N–H and O–H groups in total. The molecule has 4 rings (SSSR count). The molecule has 9 heteroatoms. The van der Waals surface area contributed by atoms with Crippen LogP contribution >= 0.6 is 24.0 Å². The average molecular weight is 466 g/mol. The molecule has 0 radical (unpaired) electrons. The van der Waals surface area contributed by atoms with E-state index in [0.717, 1.165) is 5.56 Å². The third kappa shape index (κ3) is 4.04. The van der Waals surface area contributed by atoms with E-state index in [2.05, 4.69) is 5.10 Å². The molecule has 0 bridgehead atoms. The predicted octanol–water partition coefficient (Wildman–Crippen LogP) is 4.21. The number of amides is 2. The topological polar surface area (TPSA) is 71.4 Å². The lowest BCUT2D eigenvalue weighted by Crippen LogP contribution is -2.26. The summed E-state index contributed by atoms with van der Waals surface area (Å²) in [6.45, 7) is 1.73. The Morgan fingerprint density at radius 2 is 1.72 bits per heavy atom. The summed E-state index contributed by atoms with van der Waals surface area (Å²) < 4.78 is 10.9. The fourth-order valence-corrected chi connectivity index (χ4v) is 4.43. The Morgan fingerprint density at radius 1 is 1.00 bits per heavy atom. The van der Waals surface area contributed by atoms with E-state index in [0.29, 0.717) is 37.7 Å². The van der Waals surface area contributed by atoms with Crippen molar-refractivity contribution in [2.45, 2.75) is 6.92 Å². The van der Waals surface area contributed by atoms with Gasteiger partial charge in [-0.25, -0.2) is 0 Å². The van der Waals surface area contributed by atoms with Crippen molar-refractivity contribution in [3.63, 3.8) is 0 Å². The number of hydrazone groups is 1. The number of hydrogen-bond acceptors (Lipinski definition) is 7. The highest BCUT2D eigenvalue weighted by atomic mass is 32.2. The summed E-state index contributed by atoms with van der Waals surface area (Å²) in [4.78, 5) is 27.7. The van der Waals surface area contributed by atoms with Gasteiger partial charge in [-0.3, -0.25) is 14.5 Å². The molecule has 2 aromatic rings. The van der Waals surface area contributed by atoms with Gasteiger partial charge in [0.15, 0.2) is 15.8 Å². The molecular weight excluding hydrogens is 446 g/mol. The number of thiocarbonyl (C=S) groups is 1. The van der Waals surface area contributed by atoms with Crippen LogP contribution in [-0.2, 0) is 9.59 Å². The quantitative estimate of drug-likeness (QED) is 0.487. The summed E-state index contributed by atoms with van der Waals surface area (Å²) in [5.41, 5.74) is 2.24. The average Bonchev–Trinajstić information content (AvgIpc) is 3.24. The van der Waals surface area contributed by atoms with Crippen LogP contribution in [0.3, 0.4) is 0 Å². The maximum Gasteiger partial charge on any atom is 0.282 e. The van der Waals surface area contributed by atoms with Crippen molar-refractivity contribution in [1.82, 2.24) is 4.90 Å². The molecule has 2 aromatic carbocycles. The Balaban J connectivity index is 1.60. The highest BCUT2D eigenvalue weighted by Crippen LogP contribution is 2.35. The summed E-state index contributed by atoms with van der Waals surface area (Å²) >= 11 is 6.58. The number of rotatable bonds is 5. The van der Waals surface area contributed by atoms with Gasteiger partial charge in [0.05, 0.1) is 36.1 Å². The highest BCUT2D eigenvalue weighted by Gasteiger charge is 2.35. The molecule has 2 aliphatic heterocycles. The van der Waals surface area contributed by atoms with E-state index in [1.165, 1.54) is 27.9 Å². The Labute approximate surface area is 195 Å². The number of nitrogens with zero attached hydrogens (tertiary/aromatic N) is 3. The first-order chi connectivity index (χ1) is 15.4. The number of carbonyl (C=O) groups is 2. The number of benzene rings is 2. The summed E-state index contributed by atoms with van der Waals surface area (Å²) in [7, 11) is 3.11. The van der Waals surface area contributed by atoms with Crippen LogP contribution in [0.15, 0.2) is 70.3 Å². The van der Waals surface area contributed by atoms with E-state index in [1.54, 1.807) is 51.5 Å². The van der Waals surface area contributed by atoms with Gasteiger partial charge in [-0.1, -0.05) is 48.2 Å². The fraction of sp³-hybridized carbons (Fsp3) is 0.130. The van der Waals surface area contributed by atoms with Crippen LogP contribution < -0.4 is 14.5 Å². The van der Waals surface area contributed by atoms with Crippen molar-refractivity contribution in [2.75, 3.05) is 19.2 Å². The number of para-hydroxylation sites is 1. The first kappa shape index (κ1) is 21.8. The van der Waals surface area contributed by atoms with Crippen molar-refractivity contribution in [3.05, 3.63) is 70.8 Å². The van der Waals surface area contributed by atoms with Crippen molar-refractivity contribution < 1.29 is 19.1 Å². The van der Waals surface area contributed by atoms with E-state index in [-0.39, 0.29) is 11.8 Å². The van der Waals surface area contributed by atoms with Crippen LogP contribution in [0.2, 0.25) is 0 Å². The second-order valence-corrected chi connectivity index (χ2v) is 8.52. The molecule has 162 valence electrons. The zero-order valence-corrected chi connectivity index (χ0v) is 19.2. The maximum absolute atomic E-state index is 13.0. The summed E-state index contributed by atoms with van der Waals surface area (Å²) in [5.74, 6) is 0.537. The minimum absolute atomic E-state index is 0.305. The number of thioether (sulfide) groups is 1. The first-order valence-electron chi connectivity index (χ1n) is 9.59. The number of methoxy groups -OCH3 is 2. The van der Waals surface area contributed by atoms with Gasteiger partial charge >= 0.3 is 0 Å². The molecule has 1 saturated heterocycles. The third-order valence-corrected chi connectivity index (χ3v) is 6.18. The fourth-order valence-electron chi connectivity index (χ4n) is 3.23. The van der Waals surface area contributed by atoms with E-state index in [1.807, 2.05) is 24.3 Å². The Bertz CT molecular complexity index is 1200. The van der Waals surface area contributed by atoms with Crippen molar-refractivity contribution >= 4 is 57.6 Å². The summed E-state index contributed by atoms with van der Waals surface area (Å²) in [6.07, 6.45) is 3.20. The molecule has 32 heavy (non-hydrogen) atoms. The number of ether oxygens (including phenoxy) is 2. The molecule has 2 aliphatic rings. The Kier molecular flexibility index (Phi) is 6.11. The molecular formula is C23H19N3O4S2. The van der Waals surface area contributed by atoms with E-state index >= 15 is 0 Å². The molecule has 2 heterocycles. The van der Waals surface area contributed by atoms with Crippen LogP contribution in [0.25, 0.3) is 6.08 Å². The molecule has 0 saturated carbocycles. The number of hydrogen-bond donors (Lipinski definition) is 0. The third-order valence-electron chi connectivity index (χ3n) is 4.85. The first-order valence-corrected chi connectivity index (χ1v) is 10.8. The van der Waals surface area contributed by atoms with Crippen LogP contribution in [-0.4, -0.2) is 41.0 Å². The normalized spacial score (nSPS) is 18.7. The summed E-state index contributed by atoms with van der Waals surface area (Å²) in [6, 6.07) is 14.5. The second kappa shape index (κ2) is 8.97. The van der Waals surface area contributed by atoms with Gasteiger partial charge in [0.1, 0.15) is 0 Å². The monoisotopic (exact) mass is 465 g/mol. The standard InChI is InChI=1S/C23H19N3O4S2/c1-14-17(21(27)26(24-14)16-7-5-4-6-8-16)13-25-22(28)20(32-23(25)31)12-15-9-10-18(29-2)19(11-15)30-3/h4-13H,1-3H3/b17-13?,20-12-. The smallest absolute Gasteiger partial charge is 0.282 e. The lowest BCUT2D eigenvalue weighted by Gasteiger charge is -2.12. The van der Waals surface area contributed by atoms with Gasteiger partial charge in [0.2, 0.25) is 0 Å². The second-order valence-electron chi connectivity index (χ2n) is 6.85. The SMILES string of the molecule is COc1ccc(/C=C2\SC(=S)N(C=C3C(=O)N(c4ccccc4)N=C3C)C2=O)cc1OC. The van der Waals surface area contributed by atoms with Crippen LogP contribution in [0.4, 0.5) is 5.69 Å². The highest BCUT2D eigenvalue weighted by molar-refractivity contribution is 8.26. The van der Waals surface area contributed by atoms with Crippen LogP contribution in [0.5, 0.6) is 11.5 Å². The molecule has 0 unspecified atom stereocenters. The predicted molar refractivity (Wildman–Crippen MR) is 130 cm³/mol. The van der Waals surface area contributed by atoms with Crippen molar-refractivity contribution in [2.24, 2.45) is 5.10 Å². The van der Waals surface area contributed by atoms with Gasteiger partial charge in [-0.15, -0.1) is 0 Å². The zero-order chi connectivity index (χ0) is 22.8. The Hall–Kier alpha value is -3.43. The summed E-state index contributed by atoms with van der Waals surface area (Å²) in [5, 5.41) is 5.66. The molecule has 2 amide bonds. The molecule has 1 fully saturated rings. The van der Waals surface area contributed by atoms with Gasteiger partial charge in [-0.05, 0) is 42.8 Å². The zero-order valence-electron chi connectivity index (χ0n) is 17.6. The molecule has 0 aromatic heterocycles. The van der Waals surface area contributed by atoms with Crippen molar-refractivity contribution in [1.29, 1.82) is 0 Å². The van der Waals surface area contributed by atoms with Gasteiger partial charge < -0.3 is 9.47 Å². The van der Waals surface area contributed by atoms with Crippen LogP contribution in [0, 0.1) is 0 Å². The Morgan fingerprint density at radius 3 is 2.41 bits per heavy atom. The number of anilines is 1. The van der Waals surface area contributed by atoms with Crippen LogP contribution in [0.1, 0.15) is 12.5 Å². The van der Waals surface area contributed by atoms with E-state index in [4.69, 9.17) is 21.7 Å². The van der Waals surface area contributed by atoms with Crippen molar-refractivity contribution in [3.8, 4) is 11.5 Å². The van der Waals surface area contributed by atoms with E-state index < -0.39 is 0 Å². The van der Waals surface area contributed by atoms with Gasteiger partial charge in [-0.2, -0.15) is 10.1 Å². The lowest BCUT2D eigenvalue weighted by molar-refractivity contribution is -0.120. The molecule has 0 aliphatic carbocycles. The molecule has 0 spiro atoms. The largest absolute Gasteiger partial charge is 0.493 e. The van der Waals surface area contributed by atoms with Gasteiger partial charge in [0, 0.05) is 6.20 Å². The van der Waals surface area contributed by atoms with Gasteiger partial charge in [0.25, 0.3) is 11.8 Å². The molecule has 0 atom stereocenters. The maximum atomic E-state index is 13.0. The number of carbonyl (C=O) groups excluding carboxylic acids is 2. The minimum atomic E-state index is -0.313.